The summed E-state index contributed by atoms with van der Waals surface area (Å²) in [4.78, 5) is 0. The molecule has 296 valence electrons. The fourth-order valence-electron chi connectivity index (χ4n) is 9.69. The summed E-state index contributed by atoms with van der Waals surface area (Å²) >= 11 is 1.79. The molecule has 8 aromatic rings. The van der Waals surface area contributed by atoms with Crippen molar-refractivity contribution in [1.29, 1.82) is 0 Å². The van der Waals surface area contributed by atoms with E-state index in [-0.39, 0.29) is 30.2 Å². The molecular weight excluding hydrogens is 839 g/mol. The molecule has 2 aliphatic rings. The van der Waals surface area contributed by atoms with E-state index in [2.05, 4.69) is 159 Å². The smallest absolute Gasteiger partial charge is 0.0114 e. The van der Waals surface area contributed by atoms with Crippen molar-refractivity contribution < 1.29 is 48.1 Å². The van der Waals surface area contributed by atoms with E-state index in [0.717, 1.165) is 11.8 Å². The first-order valence-corrected chi connectivity index (χ1v) is 27.3. The van der Waals surface area contributed by atoms with Crippen LogP contribution in [0.1, 0.15) is 75.8 Å². The van der Waals surface area contributed by atoms with Gasteiger partial charge in [0.2, 0.25) is 0 Å². The minimum absolute atomic E-state index is 0. The van der Waals surface area contributed by atoms with Crippen LogP contribution in [0, 0.1) is 11.8 Å². The Morgan fingerprint density at radius 3 is 1.24 bits per heavy atom. The van der Waals surface area contributed by atoms with Crippen LogP contribution in [0.3, 0.4) is 0 Å². The second-order valence-corrected chi connectivity index (χ2v) is 25.0. The second kappa shape index (κ2) is 21.3. The molecule has 0 unspecified atom stereocenters. The Morgan fingerprint density at radius 1 is 0.500 bits per heavy atom. The van der Waals surface area contributed by atoms with Crippen LogP contribution in [0.4, 0.5) is 0 Å². The van der Waals surface area contributed by atoms with Crippen LogP contribution in [0.2, 0.25) is 12.6 Å². The molecule has 0 aromatic heterocycles. The maximum Gasteiger partial charge on any atom is -0.0114 e. The van der Waals surface area contributed by atoms with Crippen LogP contribution in [-0.4, -0.2) is 5.43 Å². The van der Waals surface area contributed by atoms with Gasteiger partial charge in [-0.1, -0.05) is 160 Å². The molecule has 2 aliphatic carbocycles. The molecule has 8 aromatic carbocycles. The van der Waals surface area contributed by atoms with Crippen LogP contribution >= 0.6 is 0 Å². The van der Waals surface area contributed by atoms with Crippen molar-refractivity contribution in [2.24, 2.45) is 11.8 Å². The fourth-order valence-corrected chi connectivity index (χ4v) is 12.3. The Labute approximate surface area is 374 Å². The van der Waals surface area contributed by atoms with Crippen LogP contribution in [-0.2, 0) is 36.2 Å². The molecule has 0 radical (unpaired) electrons. The predicted molar refractivity (Wildman–Crippen MR) is 243 cm³/mol. The van der Waals surface area contributed by atoms with Crippen molar-refractivity contribution in [2.75, 3.05) is 0 Å². The zero-order chi connectivity index (χ0) is 38.3. The van der Waals surface area contributed by atoms with Crippen molar-refractivity contribution in [2.45, 2.75) is 90.1 Å². The summed E-state index contributed by atoms with van der Waals surface area (Å²) < 4.78 is 0. The minimum Gasteiger partial charge on any atom is -1.00 e. The Bertz CT molecular complexity index is 2380. The normalized spacial score (nSPS) is 14.1. The van der Waals surface area contributed by atoms with Gasteiger partial charge in [-0.3, -0.25) is 0 Å². The van der Waals surface area contributed by atoms with E-state index in [1.54, 1.807) is 23.3 Å². The second-order valence-electron chi connectivity index (χ2n) is 16.6. The molecule has 0 heterocycles. The molecule has 58 heavy (non-hydrogen) atoms. The van der Waals surface area contributed by atoms with Gasteiger partial charge in [-0.15, -0.1) is 69.1 Å². The maximum atomic E-state index is 2.45. The van der Waals surface area contributed by atoms with Gasteiger partial charge in [0.1, 0.15) is 0 Å². The van der Waals surface area contributed by atoms with E-state index < -0.39 is 0 Å². The monoisotopic (exact) mass is 892 g/mol. The fraction of sp³-hybridized carbons (Fsp3) is 0.296. The SMILES string of the molecule is CCC[Si](C)=[Zr+2].[Cl-].[Cl-].c1ccc2c(-c3cccc4[cH-]c(CC5CCCC5)cc34)cccc2c1.c1ccc2c(-c3cccc4[cH-]c(CC5CCCC5)cc34)cccc2c1. The summed E-state index contributed by atoms with van der Waals surface area (Å²) in [6.07, 6.45) is 15.3. The molecule has 2 saturated carbocycles. The molecule has 0 aliphatic heterocycles. The summed E-state index contributed by atoms with van der Waals surface area (Å²) in [6.45, 7) is 4.66. The van der Waals surface area contributed by atoms with Crippen molar-refractivity contribution in [1.82, 2.24) is 0 Å². The van der Waals surface area contributed by atoms with E-state index >= 15 is 0 Å². The first-order chi connectivity index (χ1) is 27.5. The molecule has 2 fully saturated rings. The number of fused-ring (bicyclic) bond motifs is 4. The Morgan fingerprint density at radius 2 is 0.862 bits per heavy atom. The summed E-state index contributed by atoms with van der Waals surface area (Å²) in [5.41, 5.74) is 8.68. The number of hydrogen-bond acceptors (Lipinski definition) is 0. The number of halogens is 2. The van der Waals surface area contributed by atoms with Crippen molar-refractivity contribution in [3.63, 3.8) is 0 Å². The van der Waals surface area contributed by atoms with Gasteiger partial charge in [0, 0.05) is 0 Å². The first-order valence-electron chi connectivity index (χ1n) is 21.4. The summed E-state index contributed by atoms with van der Waals surface area (Å²) in [6, 6.07) is 55.5. The molecular formula is C54H56Cl2SiZr-2. The number of hydrogen-bond donors (Lipinski definition) is 0. The zero-order valence-corrected chi connectivity index (χ0v) is 39.2. The molecule has 0 N–H and O–H groups in total. The molecule has 4 heteroatoms. The van der Waals surface area contributed by atoms with Gasteiger partial charge in [0.25, 0.3) is 0 Å². The van der Waals surface area contributed by atoms with E-state index in [4.69, 9.17) is 0 Å². The zero-order valence-electron chi connectivity index (χ0n) is 34.3. The predicted octanol–water partition coefficient (Wildman–Crippen LogP) is 9.80. The Kier molecular flexibility index (Phi) is 16.3. The third kappa shape index (κ3) is 10.5. The van der Waals surface area contributed by atoms with Gasteiger partial charge in [0.05, 0.1) is 0 Å². The third-order valence-electron chi connectivity index (χ3n) is 12.4. The Hall–Kier alpha value is -3.26. The molecule has 10 rings (SSSR count). The summed E-state index contributed by atoms with van der Waals surface area (Å²) in [5, 5.41) is 10.9. The quantitative estimate of drug-likeness (QED) is 0.105. The number of rotatable bonds is 8. The molecule has 0 saturated heterocycles. The van der Waals surface area contributed by atoms with Crippen molar-refractivity contribution >= 4 is 48.5 Å². The van der Waals surface area contributed by atoms with E-state index in [0.29, 0.717) is 0 Å². The Balaban J connectivity index is 0.000000167. The molecule has 0 amide bonds. The summed E-state index contributed by atoms with van der Waals surface area (Å²) in [7, 11) is 0. The average molecular weight is 895 g/mol. The largest absolute Gasteiger partial charge is 1.00 e. The van der Waals surface area contributed by atoms with Crippen molar-refractivity contribution in [3.05, 3.63) is 157 Å². The number of benzene rings is 6. The van der Waals surface area contributed by atoms with Crippen molar-refractivity contribution in [3.8, 4) is 22.3 Å². The van der Waals surface area contributed by atoms with Crippen LogP contribution in [0.15, 0.2) is 146 Å². The topological polar surface area (TPSA) is 0 Å². The molecule has 0 nitrogen and oxygen atoms in total. The van der Waals surface area contributed by atoms with E-state index in [1.807, 2.05) is 0 Å². The van der Waals surface area contributed by atoms with E-state index in [1.165, 1.54) is 153 Å². The van der Waals surface area contributed by atoms with Gasteiger partial charge in [-0.05, 0) is 57.3 Å². The van der Waals surface area contributed by atoms with Gasteiger partial charge in [-0.2, -0.15) is 12.1 Å². The van der Waals surface area contributed by atoms with Crippen LogP contribution < -0.4 is 24.8 Å². The first kappa shape index (κ1) is 44.3. The van der Waals surface area contributed by atoms with Gasteiger partial charge >= 0.3 is 54.7 Å². The molecule has 0 atom stereocenters. The van der Waals surface area contributed by atoms with Crippen LogP contribution in [0.5, 0.6) is 0 Å². The van der Waals surface area contributed by atoms with Gasteiger partial charge in [0.15, 0.2) is 0 Å². The standard InChI is InChI=1S/2C25H23.C4H10Si.2ClH.Zr/c2*1-2-8-18(7-1)15-19-16-21-11-6-14-24(25(21)17-19)23-13-5-10-20-9-3-4-12-22(20)23;1-3-4-5-2;;;/h2*3-6,9-14,16-18H,1-2,7-8,15H2;3-4H2,1-2H3;2*1H;/q2*-1;;;;+2/p-2. The minimum atomic E-state index is 0. The third-order valence-corrected chi connectivity index (χ3v) is 15.5. The average Bonchev–Trinajstić information content (AvgIpc) is 4.06. The van der Waals surface area contributed by atoms with Gasteiger partial charge < -0.3 is 24.8 Å². The molecule has 0 spiro atoms. The summed E-state index contributed by atoms with van der Waals surface area (Å²) in [5.74, 6) is 1.80. The van der Waals surface area contributed by atoms with E-state index in [9.17, 15) is 0 Å². The van der Waals surface area contributed by atoms with Crippen LogP contribution in [0.25, 0.3) is 65.3 Å². The van der Waals surface area contributed by atoms with Gasteiger partial charge in [-0.25, -0.2) is 0 Å². The maximum absolute atomic E-state index is 2.45. The molecule has 0 bridgehead atoms.